The lowest BCUT2D eigenvalue weighted by molar-refractivity contribution is -0.151. The number of esters is 1. The van der Waals surface area contributed by atoms with Crippen LogP contribution in [-0.2, 0) is 37.3 Å². The van der Waals surface area contributed by atoms with Gasteiger partial charge in [-0.15, -0.1) is 0 Å². The van der Waals surface area contributed by atoms with Gasteiger partial charge < -0.3 is 30.2 Å². The summed E-state index contributed by atoms with van der Waals surface area (Å²) < 4.78 is 13.0. The number of ketones is 1. The summed E-state index contributed by atoms with van der Waals surface area (Å²) >= 11 is 0. The number of alkyl carbamates (subject to hydrolysis) is 1. The molecule has 0 bridgehead atoms. The molecule has 2 atom stereocenters. The number of carbonyl (C=O) groups excluding carboxylic acids is 4. The van der Waals surface area contributed by atoms with E-state index in [0.717, 1.165) is 44.9 Å². The first kappa shape index (κ1) is 32.8. The second kappa shape index (κ2) is 14.7. The van der Waals surface area contributed by atoms with Gasteiger partial charge in [-0.2, -0.15) is 4.79 Å². The van der Waals surface area contributed by atoms with Gasteiger partial charge in [0.05, 0.1) is 6.10 Å². The van der Waals surface area contributed by atoms with Gasteiger partial charge in [-0.05, 0) is 54.2 Å². The number of aryl methyl sites for hydroxylation is 1. The van der Waals surface area contributed by atoms with Crippen molar-refractivity contribution >= 4 is 40.9 Å². The van der Waals surface area contributed by atoms with Crippen molar-refractivity contribution in [3.63, 3.8) is 0 Å². The summed E-state index contributed by atoms with van der Waals surface area (Å²) in [6.07, 6.45) is 1.17. The first-order valence-electron chi connectivity index (χ1n) is 15.5. The van der Waals surface area contributed by atoms with Crippen molar-refractivity contribution in [1.82, 2.24) is 15.2 Å². The molecule has 2 amide bonds. The van der Waals surface area contributed by atoms with Crippen molar-refractivity contribution in [1.29, 1.82) is 0 Å². The second-order valence-corrected chi connectivity index (χ2v) is 11.8. The van der Waals surface area contributed by atoms with Crippen LogP contribution in [-0.4, -0.2) is 64.1 Å². The summed E-state index contributed by atoms with van der Waals surface area (Å²) in [5.74, 6) is -2.09. The van der Waals surface area contributed by atoms with Crippen LogP contribution in [0.2, 0.25) is 0 Å². The molecule has 0 unspecified atom stereocenters. The Kier molecular flexibility index (Phi) is 10.3. The molecule has 1 heterocycles. The number of nitrogens with zero attached hydrogens (tertiary/aromatic N) is 3. The number of rotatable bonds is 13. The smallest absolute Gasteiger partial charge is 0.407 e. The minimum absolute atomic E-state index is 0.0559. The summed E-state index contributed by atoms with van der Waals surface area (Å²) in [5.41, 5.74) is 14.7. The van der Waals surface area contributed by atoms with Crippen molar-refractivity contribution in [2.75, 3.05) is 6.61 Å². The maximum Gasteiger partial charge on any atom is 0.407 e. The van der Waals surface area contributed by atoms with E-state index in [2.05, 4.69) is 15.4 Å². The summed E-state index contributed by atoms with van der Waals surface area (Å²) in [6, 6.07) is 21.3. The van der Waals surface area contributed by atoms with Gasteiger partial charge in [-0.25, -0.2) is 9.59 Å². The van der Waals surface area contributed by atoms with Gasteiger partial charge in [0, 0.05) is 42.9 Å². The quantitative estimate of drug-likeness (QED) is 0.0939. The Balaban J connectivity index is 1.36. The molecule has 1 aliphatic rings. The van der Waals surface area contributed by atoms with Crippen molar-refractivity contribution in [2.45, 2.75) is 57.2 Å². The molecule has 0 fully saturated rings. The minimum atomic E-state index is -1.19. The molecule has 0 saturated heterocycles. The number of hydrogen-bond acceptors (Lipinski definition) is 6. The minimum Gasteiger partial charge on any atom is -0.461 e. The number of Topliss-reactive ketones (excluding diaryl/α,β-unsaturated/α-hetero) is 1. The number of benzene rings is 3. The number of nitrogens with one attached hydrogen (secondary N) is 2. The van der Waals surface area contributed by atoms with E-state index in [1.54, 1.807) is 13.8 Å². The predicted octanol–water partition coefficient (Wildman–Crippen LogP) is 4.71. The third-order valence-corrected chi connectivity index (χ3v) is 8.19. The lowest BCUT2D eigenvalue weighted by atomic mass is 9.98. The zero-order valence-corrected chi connectivity index (χ0v) is 26.5. The van der Waals surface area contributed by atoms with Gasteiger partial charge in [0.1, 0.15) is 18.7 Å². The molecule has 0 spiro atoms. The molecule has 5 rings (SSSR count). The molecule has 11 nitrogen and oxygen atoms in total. The molecule has 4 aromatic rings. The standard InChI is InChI=1S/C36H37N5O6/c1-22(2)47-35(44)31(17-16-24(42)19-38-37)39-34(43)32(18-23-20-41(3)33-15-9-8-10-25(23)33)40-36(45)46-21-30-28-13-6-4-11-26(28)27-12-5-7-14-29(27)30/h4-15,19-20,22,30-32H,16-18,21H2,1-3H3,(H,39,43)(H,40,45)/t31-,32-/m0/s1. The fraction of sp³-hybridized carbons (Fsp3) is 0.306. The van der Waals surface area contributed by atoms with E-state index in [4.69, 9.17) is 15.0 Å². The lowest BCUT2D eigenvalue weighted by Crippen LogP contribution is -2.53. The molecule has 47 heavy (non-hydrogen) atoms. The van der Waals surface area contributed by atoms with Crippen LogP contribution in [0.1, 0.15) is 49.3 Å². The van der Waals surface area contributed by atoms with Crippen LogP contribution in [0.4, 0.5) is 4.79 Å². The maximum absolute atomic E-state index is 13.8. The van der Waals surface area contributed by atoms with Crippen LogP contribution >= 0.6 is 0 Å². The Hall–Kier alpha value is -5.54. The third kappa shape index (κ3) is 7.65. The highest BCUT2D eigenvalue weighted by Crippen LogP contribution is 2.44. The third-order valence-electron chi connectivity index (χ3n) is 8.19. The molecule has 0 aliphatic heterocycles. The molecule has 0 saturated carbocycles. The number of aromatic nitrogens is 1. The van der Waals surface area contributed by atoms with Crippen molar-refractivity contribution in [3.8, 4) is 11.1 Å². The number of carbonyl (C=O) groups is 4. The fourth-order valence-corrected chi connectivity index (χ4v) is 6.05. The van der Waals surface area contributed by atoms with Crippen LogP contribution < -0.4 is 10.6 Å². The van der Waals surface area contributed by atoms with Crippen LogP contribution in [0.15, 0.2) is 79.0 Å². The highest BCUT2D eigenvalue weighted by molar-refractivity contribution is 6.25. The highest BCUT2D eigenvalue weighted by Gasteiger charge is 2.32. The van der Waals surface area contributed by atoms with E-state index in [1.807, 2.05) is 90.6 Å². The Morgan fingerprint density at radius 3 is 2.21 bits per heavy atom. The van der Waals surface area contributed by atoms with Crippen molar-refractivity contribution < 1.29 is 33.4 Å². The Morgan fingerprint density at radius 2 is 1.55 bits per heavy atom. The number of hydrogen-bond donors (Lipinski definition) is 2. The normalized spacial score (nSPS) is 13.2. The van der Waals surface area contributed by atoms with Crippen LogP contribution in [0.5, 0.6) is 0 Å². The van der Waals surface area contributed by atoms with E-state index in [0.29, 0.717) is 0 Å². The number of ether oxygens (including phenoxy) is 2. The Bertz CT molecular complexity index is 1810. The van der Waals surface area contributed by atoms with E-state index in [-0.39, 0.29) is 31.8 Å². The molecule has 1 aliphatic carbocycles. The van der Waals surface area contributed by atoms with E-state index in [1.165, 1.54) is 0 Å². The average Bonchev–Trinajstić information content (AvgIpc) is 3.55. The molecule has 11 heteroatoms. The van der Waals surface area contributed by atoms with Gasteiger partial charge in [0.15, 0.2) is 0 Å². The molecular weight excluding hydrogens is 598 g/mol. The first-order chi connectivity index (χ1) is 22.7. The van der Waals surface area contributed by atoms with E-state index < -0.39 is 41.9 Å². The number of amides is 2. The highest BCUT2D eigenvalue weighted by atomic mass is 16.6. The molecule has 1 aromatic heterocycles. The van der Waals surface area contributed by atoms with Crippen LogP contribution in [0.3, 0.4) is 0 Å². The molecule has 3 aromatic carbocycles. The summed E-state index contributed by atoms with van der Waals surface area (Å²) in [5, 5.41) is 6.31. The van der Waals surface area contributed by atoms with E-state index in [9.17, 15) is 19.2 Å². The summed E-state index contributed by atoms with van der Waals surface area (Å²) in [4.78, 5) is 54.9. The monoisotopic (exact) mass is 635 g/mol. The van der Waals surface area contributed by atoms with Gasteiger partial charge in [-0.3, -0.25) is 9.59 Å². The summed E-state index contributed by atoms with van der Waals surface area (Å²) in [6.45, 7) is 3.39. The average molecular weight is 636 g/mol. The van der Waals surface area contributed by atoms with Crippen molar-refractivity contribution in [3.05, 3.63) is 101 Å². The zero-order valence-electron chi connectivity index (χ0n) is 26.5. The zero-order chi connectivity index (χ0) is 33.5. The Morgan fingerprint density at radius 1 is 0.915 bits per heavy atom. The van der Waals surface area contributed by atoms with Crippen molar-refractivity contribution in [2.24, 2.45) is 7.05 Å². The van der Waals surface area contributed by atoms with Gasteiger partial charge in [0.25, 0.3) is 0 Å². The van der Waals surface area contributed by atoms with Crippen LogP contribution in [0, 0.1) is 0 Å². The lowest BCUT2D eigenvalue weighted by Gasteiger charge is -2.23. The number of fused-ring (bicyclic) bond motifs is 4. The largest absolute Gasteiger partial charge is 0.461 e. The van der Waals surface area contributed by atoms with Crippen LogP contribution in [0.25, 0.3) is 27.6 Å². The van der Waals surface area contributed by atoms with E-state index >= 15 is 0 Å². The van der Waals surface area contributed by atoms with Gasteiger partial charge >= 0.3 is 18.3 Å². The maximum atomic E-state index is 13.8. The molecular formula is C36H37N5O6. The second-order valence-electron chi connectivity index (χ2n) is 11.8. The fourth-order valence-electron chi connectivity index (χ4n) is 6.05. The number of para-hydroxylation sites is 1. The van der Waals surface area contributed by atoms with Gasteiger partial charge in [-0.1, -0.05) is 66.7 Å². The SMILES string of the molecule is CC(C)OC(=O)[C@H](CCC(=O)C=[N+]=[N-])NC(=O)[C@H](Cc1cn(C)c2ccccc12)NC(=O)OCC1c2ccccc2-c2ccccc21. The molecule has 2 N–H and O–H groups in total. The molecule has 0 radical (unpaired) electrons. The predicted molar refractivity (Wildman–Crippen MR) is 176 cm³/mol. The Labute approximate surface area is 272 Å². The molecule has 242 valence electrons. The topological polar surface area (TPSA) is 152 Å². The summed E-state index contributed by atoms with van der Waals surface area (Å²) in [7, 11) is 1.89. The first-order valence-corrected chi connectivity index (χ1v) is 15.5. The van der Waals surface area contributed by atoms with Gasteiger partial charge in [0.2, 0.25) is 11.7 Å².